The first-order valence-electron chi connectivity index (χ1n) is 9.83. The Bertz CT molecular complexity index is 1480. The summed E-state index contributed by atoms with van der Waals surface area (Å²) < 4.78 is 14.6. The summed E-state index contributed by atoms with van der Waals surface area (Å²) in [6.07, 6.45) is 1.52. The Morgan fingerprint density at radius 2 is 1.59 bits per heavy atom. The molecule has 0 saturated heterocycles. The summed E-state index contributed by atoms with van der Waals surface area (Å²) in [7, 11) is 0. The standard InChI is InChI=1S/C24H17FN6O/c25-16-12-10-15(11-13-16)14-27-31-22(26)20(24(32)28-17-6-2-1-3-7-17)21-23(31)30-19-9-5-4-8-18(19)29-21/h1-14H,26H2,(H,28,32)/b27-14+. The molecule has 7 nitrogen and oxygen atoms in total. The molecule has 0 atom stereocenters. The van der Waals surface area contributed by atoms with Crippen molar-refractivity contribution in [3.8, 4) is 0 Å². The number of para-hydroxylation sites is 3. The first-order chi connectivity index (χ1) is 15.6. The smallest absolute Gasteiger partial charge is 0.261 e. The number of nitrogens with one attached hydrogen (secondary N) is 1. The molecular weight excluding hydrogens is 407 g/mol. The number of carbonyl (C=O) groups excluding carboxylic acids is 1. The van der Waals surface area contributed by atoms with Crippen molar-refractivity contribution in [2.24, 2.45) is 5.10 Å². The molecule has 0 spiro atoms. The van der Waals surface area contributed by atoms with E-state index in [0.29, 0.717) is 33.4 Å². The van der Waals surface area contributed by atoms with E-state index in [1.54, 1.807) is 24.3 Å². The minimum absolute atomic E-state index is 0.0992. The summed E-state index contributed by atoms with van der Waals surface area (Å²) in [4.78, 5) is 22.4. The van der Waals surface area contributed by atoms with Crippen LogP contribution in [-0.2, 0) is 0 Å². The molecule has 5 rings (SSSR count). The molecular formula is C24H17FN6O. The van der Waals surface area contributed by atoms with Crippen LogP contribution in [0.1, 0.15) is 15.9 Å². The van der Waals surface area contributed by atoms with Crippen molar-refractivity contribution in [2.45, 2.75) is 0 Å². The third-order valence-corrected chi connectivity index (χ3v) is 4.92. The average molecular weight is 424 g/mol. The van der Waals surface area contributed by atoms with Crippen molar-refractivity contribution in [1.29, 1.82) is 0 Å². The normalized spacial score (nSPS) is 11.4. The number of hydrogen-bond acceptors (Lipinski definition) is 5. The second-order valence-corrected chi connectivity index (χ2v) is 7.07. The van der Waals surface area contributed by atoms with Gasteiger partial charge in [0.15, 0.2) is 5.65 Å². The third-order valence-electron chi connectivity index (χ3n) is 4.92. The van der Waals surface area contributed by atoms with Crippen LogP contribution in [-0.4, -0.2) is 26.8 Å². The van der Waals surface area contributed by atoms with Crippen LogP contribution in [0.2, 0.25) is 0 Å². The van der Waals surface area contributed by atoms with E-state index in [1.807, 2.05) is 42.5 Å². The molecule has 0 aliphatic rings. The predicted molar refractivity (Wildman–Crippen MR) is 123 cm³/mol. The first-order valence-corrected chi connectivity index (χ1v) is 9.83. The van der Waals surface area contributed by atoms with Crippen LogP contribution < -0.4 is 11.1 Å². The highest BCUT2D eigenvalue weighted by molar-refractivity contribution is 6.16. The van der Waals surface area contributed by atoms with Crippen molar-refractivity contribution in [3.05, 3.63) is 95.8 Å². The molecule has 0 aliphatic carbocycles. The van der Waals surface area contributed by atoms with Crippen molar-refractivity contribution in [2.75, 3.05) is 11.1 Å². The summed E-state index contributed by atoms with van der Waals surface area (Å²) in [6.45, 7) is 0. The Labute approximate surface area is 182 Å². The number of aromatic nitrogens is 3. The van der Waals surface area contributed by atoms with Crippen LogP contribution in [0.5, 0.6) is 0 Å². The number of carbonyl (C=O) groups is 1. The summed E-state index contributed by atoms with van der Waals surface area (Å²) in [5, 5.41) is 7.25. The van der Waals surface area contributed by atoms with Crippen molar-refractivity contribution in [3.63, 3.8) is 0 Å². The molecule has 5 aromatic rings. The maximum absolute atomic E-state index is 13.2. The van der Waals surface area contributed by atoms with Crippen LogP contribution in [0.4, 0.5) is 15.9 Å². The molecule has 1 amide bonds. The van der Waals surface area contributed by atoms with E-state index in [4.69, 9.17) is 5.73 Å². The Balaban J connectivity index is 1.67. The van der Waals surface area contributed by atoms with Crippen LogP contribution in [0, 0.1) is 5.82 Å². The maximum Gasteiger partial charge on any atom is 0.261 e. The van der Waals surface area contributed by atoms with Gasteiger partial charge in [0.1, 0.15) is 22.7 Å². The van der Waals surface area contributed by atoms with E-state index in [-0.39, 0.29) is 17.2 Å². The lowest BCUT2D eigenvalue weighted by Gasteiger charge is -2.05. The lowest BCUT2D eigenvalue weighted by molar-refractivity contribution is 0.102. The fraction of sp³-hybridized carbons (Fsp3) is 0. The zero-order valence-corrected chi connectivity index (χ0v) is 16.7. The summed E-state index contributed by atoms with van der Waals surface area (Å²) in [6, 6.07) is 22.2. The molecule has 8 heteroatoms. The van der Waals surface area contributed by atoms with Gasteiger partial charge in [-0.1, -0.05) is 42.5 Å². The van der Waals surface area contributed by atoms with Gasteiger partial charge in [0.2, 0.25) is 0 Å². The number of nitrogens with two attached hydrogens (primary N) is 1. The Morgan fingerprint density at radius 3 is 2.31 bits per heavy atom. The zero-order chi connectivity index (χ0) is 22.1. The molecule has 0 fully saturated rings. The molecule has 0 radical (unpaired) electrons. The number of amides is 1. The number of benzene rings is 3. The molecule has 2 aromatic heterocycles. The number of fused-ring (bicyclic) bond motifs is 2. The lowest BCUT2D eigenvalue weighted by Crippen LogP contribution is -2.14. The van der Waals surface area contributed by atoms with E-state index in [9.17, 15) is 9.18 Å². The van der Waals surface area contributed by atoms with Crippen molar-refractivity contribution in [1.82, 2.24) is 14.6 Å². The second-order valence-electron chi connectivity index (χ2n) is 7.07. The fourth-order valence-electron chi connectivity index (χ4n) is 3.38. The molecule has 2 heterocycles. The minimum atomic E-state index is -0.418. The highest BCUT2D eigenvalue weighted by Gasteiger charge is 2.24. The molecule has 0 bridgehead atoms. The van der Waals surface area contributed by atoms with Gasteiger partial charge >= 0.3 is 0 Å². The third kappa shape index (κ3) is 3.54. The minimum Gasteiger partial charge on any atom is -0.383 e. The summed E-state index contributed by atoms with van der Waals surface area (Å²) in [5.74, 6) is -0.661. The molecule has 3 aromatic carbocycles. The lowest BCUT2D eigenvalue weighted by atomic mass is 10.2. The molecule has 0 aliphatic heterocycles. The van der Waals surface area contributed by atoms with Gasteiger partial charge in [-0.3, -0.25) is 4.79 Å². The highest BCUT2D eigenvalue weighted by atomic mass is 19.1. The van der Waals surface area contributed by atoms with Crippen LogP contribution in [0.3, 0.4) is 0 Å². The van der Waals surface area contributed by atoms with Crippen LogP contribution >= 0.6 is 0 Å². The topological polar surface area (TPSA) is 98.2 Å². The number of anilines is 2. The molecule has 0 unspecified atom stereocenters. The monoisotopic (exact) mass is 424 g/mol. The van der Waals surface area contributed by atoms with Gasteiger partial charge in [-0.05, 0) is 42.0 Å². The highest BCUT2D eigenvalue weighted by Crippen LogP contribution is 2.28. The molecule has 0 saturated carbocycles. The molecule has 32 heavy (non-hydrogen) atoms. The fourth-order valence-corrected chi connectivity index (χ4v) is 3.38. The zero-order valence-electron chi connectivity index (χ0n) is 16.7. The van der Waals surface area contributed by atoms with Crippen LogP contribution in [0.25, 0.3) is 22.2 Å². The number of hydrogen-bond donors (Lipinski definition) is 2. The maximum atomic E-state index is 13.2. The van der Waals surface area contributed by atoms with Gasteiger partial charge in [-0.2, -0.15) is 9.78 Å². The number of rotatable bonds is 4. The van der Waals surface area contributed by atoms with Gasteiger partial charge in [-0.25, -0.2) is 14.4 Å². The number of nitrogen functional groups attached to an aromatic ring is 1. The first kappa shape index (κ1) is 19.4. The predicted octanol–water partition coefficient (Wildman–Crippen LogP) is 4.44. The Kier molecular flexibility index (Phi) is 4.79. The van der Waals surface area contributed by atoms with Gasteiger partial charge in [0.25, 0.3) is 5.91 Å². The van der Waals surface area contributed by atoms with E-state index in [2.05, 4.69) is 20.4 Å². The van der Waals surface area contributed by atoms with Crippen LogP contribution in [0.15, 0.2) is 84.0 Å². The van der Waals surface area contributed by atoms with Gasteiger partial charge < -0.3 is 11.1 Å². The van der Waals surface area contributed by atoms with Crippen molar-refractivity contribution >= 4 is 45.8 Å². The number of nitrogens with zero attached hydrogens (tertiary/aromatic N) is 4. The number of halogens is 1. The van der Waals surface area contributed by atoms with E-state index in [0.717, 1.165) is 0 Å². The Hall–Kier alpha value is -4.59. The Morgan fingerprint density at radius 1 is 0.938 bits per heavy atom. The van der Waals surface area contributed by atoms with Crippen molar-refractivity contribution < 1.29 is 9.18 Å². The van der Waals surface area contributed by atoms with Gasteiger partial charge in [0.05, 0.1) is 17.2 Å². The second kappa shape index (κ2) is 7.92. The molecule has 3 N–H and O–H groups in total. The van der Waals surface area contributed by atoms with E-state index in [1.165, 1.54) is 23.0 Å². The van der Waals surface area contributed by atoms with Gasteiger partial charge in [0, 0.05) is 5.69 Å². The summed E-state index contributed by atoms with van der Waals surface area (Å²) >= 11 is 0. The average Bonchev–Trinajstić information content (AvgIpc) is 3.08. The molecule has 156 valence electrons. The SMILES string of the molecule is Nc1c(C(=O)Nc2ccccc2)c2nc3ccccc3nc2n1/N=C/c1ccc(F)cc1. The quantitative estimate of drug-likeness (QED) is 0.417. The van der Waals surface area contributed by atoms with E-state index >= 15 is 0 Å². The van der Waals surface area contributed by atoms with E-state index < -0.39 is 5.91 Å². The van der Waals surface area contributed by atoms with Gasteiger partial charge in [-0.15, -0.1) is 0 Å². The summed E-state index contributed by atoms with van der Waals surface area (Å²) in [5.41, 5.74) is 9.80. The largest absolute Gasteiger partial charge is 0.383 e.